The van der Waals surface area contributed by atoms with Crippen molar-refractivity contribution in [3.63, 3.8) is 0 Å². The second kappa shape index (κ2) is 9.58. The molecule has 1 saturated heterocycles. The summed E-state index contributed by atoms with van der Waals surface area (Å²) in [4.78, 5) is 11.9. The lowest BCUT2D eigenvalue weighted by Gasteiger charge is -2.29. The first-order valence-corrected chi connectivity index (χ1v) is 9.67. The van der Waals surface area contributed by atoms with Crippen molar-refractivity contribution in [3.05, 3.63) is 47.8 Å². The van der Waals surface area contributed by atoms with Gasteiger partial charge in [-0.05, 0) is 76.3 Å². The number of nitrogens with zero attached hydrogens (tertiary/aromatic N) is 1. The molecule has 5 heteroatoms. The number of halogens is 1. The van der Waals surface area contributed by atoms with Crippen molar-refractivity contribution in [3.8, 4) is 16.9 Å². The Morgan fingerprint density at radius 1 is 1.07 bits per heavy atom. The summed E-state index contributed by atoms with van der Waals surface area (Å²) in [7, 11) is 0. The normalized spacial score (nSPS) is 14.1. The Labute approximate surface area is 166 Å². The van der Waals surface area contributed by atoms with Crippen molar-refractivity contribution < 1.29 is 19.0 Å². The SMILES string of the molecule is CC(C)(C)OC=O.Cc1cc(N2CCCCC2)cc(O)c1-c1ccc(F)cc1. The Morgan fingerprint density at radius 3 is 2.14 bits per heavy atom. The summed E-state index contributed by atoms with van der Waals surface area (Å²) in [5, 5.41) is 10.4. The molecule has 0 spiro atoms. The van der Waals surface area contributed by atoms with Gasteiger partial charge in [-0.25, -0.2) is 4.39 Å². The molecule has 3 rings (SSSR count). The third-order valence-electron chi connectivity index (χ3n) is 4.56. The number of hydrogen-bond acceptors (Lipinski definition) is 4. The molecular formula is C23H30FNO3. The third-order valence-corrected chi connectivity index (χ3v) is 4.56. The molecule has 1 fully saturated rings. The molecule has 0 aromatic heterocycles. The highest BCUT2D eigenvalue weighted by atomic mass is 19.1. The van der Waals surface area contributed by atoms with E-state index in [1.807, 2.05) is 33.8 Å². The lowest BCUT2D eigenvalue weighted by atomic mass is 9.98. The van der Waals surface area contributed by atoms with Crippen molar-refractivity contribution in [1.29, 1.82) is 0 Å². The summed E-state index contributed by atoms with van der Waals surface area (Å²) in [5.41, 5.74) is 3.41. The Hall–Kier alpha value is -2.56. The molecule has 0 bridgehead atoms. The number of rotatable bonds is 3. The summed E-state index contributed by atoms with van der Waals surface area (Å²) < 4.78 is 17.6. The highest BCUT2D eigenvalue weighted by molar-refractivity contribution is 5.76. The number of phenols is 1. The minimum Gasteiger partial charge on any atom is -0.507 e. The van der Waals surface area contributed by atoms with Crippen LogP contribution in [0.5, 0.6) is 5.75 Å². The number of anilines is 1. The molecule has 2 aromatic rings. The Kier molecular flexibility index (Phi) is 7.44. The van der Waals surface area contributed by atoms with E-state index >= 15 is 0 Å². The predicted octanol–water partition coefficient (Wildman–Crippen LogP) is 5.45. The fraction of sp³-hybridized carbons (Fsp3) is 0.435. The van der Waals surface area contributed by atoms with E-state index in [0.717, 1.165) is 35.5 Å². The van der Waals surface area contributed by atoms with E-state index in [0.29, 0.717) is 6.47 Å². The Bertz CT molecular complexity index is 752. The van der Waals surface area contributed by atoms with Crippen LogP contribution >= 0.6 is 0 Å². The maximum atomic E-state index is 13.0. The van der Waals surface area contributed by atoms with E-state index in [9.17, 15) is 14.3 Å². The van der Waals surface area contributed by atoms with Crippen LogP contribution in [0.2, 0.25) is 0 Å². The monoisotopic (exact) mass is 387 g/mol. The van der Waals surface area contributed by atoms with Gasteiger partial charge in [-0.3, -0.25) is 4.79 Å². The summed E-state index contributed by atoms with van der Waals surface area (Å²) in [6.07, 6.45) is 3.70. The first-order chi connectivity index (χ1) is 13.2. The third kappa shape index (κ3) is 6.25. The number of piperidine rings is 1. The number of phenolic OH excluding ortho intramolecular Hbond substituents is 1. The van der Waals surface area contributed by atoms with Crippen LogP contribution in [0.15, 0.2) is 36.4 Å². The van der Waals surface area contributed by atoms with Crippen molar-refractivity contribution >= 4 is 12.2 Å². The molecule has 4 nitrogen and oxygen atoms in total. The molecule has 0 unspecified atom stereocenters. The second-order valence-electron chi connectivity index (χ2n) is 8.04. The van der Waals surface area contributed by atoms with Gasteiger partial charge in [0.15, 0.2) is 0 Å². The van der Waals surface area contributed by atoms with Gasteiger partial charge in [-0.15, -0.1) is 0 Å². The smallest absolute Gasteiger partial charge is 0.293 e. The molecule has 1 N–H and O–H groups in total. The van der Waals surface area contributed by atoms with Gasteiger partial charge in [-0.2, -0.15) is 0 Å². The van der Waals surface area contributed by atoms with Crippen LogP contribution in [0.3, 0.4) is 0 Å². The Balaban J connectivity index is 0.000000345. The van der Waals surface area contributed by atoms with Crippen LogP contribution in [0.25, 0.3) is 11.1 Å². The lowest BCUT2D eigenvalue weighted by molar-refractivity contribution is -0.138. The van der Waals surface area contributed by atoms with E-state index in [4.69, 9.17) is 0 Å². The van der Waals surface area contributed by atoms with E-state index in [1.165, 1.54) is 31.4 Å². The topological polar surface area (TPSA) is 49.8 Å². The zero-order chi connectivity index (χ0) is 20.7. The fourth-order valence-corrected chi connectivity index (χ4v) is 3.22. The van der Waals surface area contributed by atoms with Crippen molar-refractivity contribution in [2.75, 3.05) is 18.0 Å². The van der Waals surface area contributed by atoms with Crippen molar-refractivity contribution in [2.24, 2.45) is 0 Å². The minimum absolute atomic E-state index is 0.263. The molecule has 1 aliphatic rings. The summed E-state index contributed by atoms with van der Waals surface area (Å²) in [6, 6.07) is 10.2. The van der Waals surface area contributed by atoms with Gasteiger partial charge in [-0.1, -0.05) is 12.1 Å². The number of carbonyl (C=O) groups is 1. The predicted molar refractivity (Wildman–Crippen MR) is 111 cm³/mol. The highest BCUT2D eigenvalue weighted by Gasteiger charge is 2.15. The molecule has 0 radical (unpaired) electrons. The first-order valence-electron chi connectivity index (χ1n) is 9.67. The molecule has 28 heavy (non-hydrogen) atoms. The number of aryl methyl sites for hydroxylation is 1. The van der Waals surface area contributed by atoms with Crippen molar-refractivity contribution in [1.82, 2.24) is 0 Å². The number of ether oxygens (including phenoxy) is 1. The van der Waals surface area contributed by atoms with Crippen LogP contribution in [0, 0.1) is 12.7 Å². The van der Waals surface area contributed by atoms with Gasteiger partial charge in [0.2, 0.25) is 0 Å². The van der Waals surface area contributed by atoms with Crippen molar-refractivity contribution in [2.45, 2.75) is 52.6 Å². The molecule has 1 heterocycles. The van der Waals surface area contributed by atoms with Gasteiger partial charge >= 0.3 is 0 Å². The van der Waals surface area contributed by atoms with Crippen LogP contribution < -0.4 is 4.90 Å². The standard InChI is InChI=1S/C18H20FNO.C5H10O2/c1-13-11-16(20-9-3-2-4-10-20)12-17(21)18(13)14-5-7-15(19)8-6-14;1-5(2,3)7-4-6/h5-8,11-12,21H,2-4,9-10H2,1H3;4H,1-3H3. The molecule has 0 amide bonds. The number of hydrogen-bond donors (Lipinski definition) is 1. The van der Waals surface area contributed by atoms with Gasteiger partial charge in [0.25, 0.3) is 6.47 Å². The average molecular weight is 387 g/mol. The molecule has 0 atom stereocenters. The lowest BCUT2D eigenvalue weighted by Crippen LogP contribution is -2.29. The maximum absolute atomic E-state index is 13.0. The quantitative estimate of drug-likeness (QED) is 0.711. The van der Waals surface area contributed by atoms with Gasteiger partial charge in [0.05, 0.1) is 0 Å². The number of aromatic hydroxyl groups is 1. The Morgan fingerprint density at radius 2 is 1.68 bits per heavy atom. The molecule has 1 aliphatic heterocycles. The fourth-order valence-electron chi connectivity index (χ4n) is 3.22. The largest absolute Gasteiger partial charge is 0.507 e. The number of carbonyl (C=O) groups excluding carboxylic acids is 1. The molecular weight excluding hydrogens is 357 g/mol. The average Bonchev–Trinajstić information content (AvgIpc) is 2.63. The van der Waals surface area contributed by atoms with E-state index in [2.05, 4.69) is 15.7 Å². The van der Waals surface area contributed by atoms with Crippen LogP contribution in [0.1, 0.15) is 45.6 Å². The number of benzene rings is 2. The van der Waals surface area contributed by atoms with E-state index < -0.39 is 0 Å². The molecule has 152 valence electrons. The minimum atomic E-state index is -0.318. The zero-order valence-corrected chi connectivity index (χ0v) is 17.2. The second-order valence-corrected chi connectivity index (χ2v) is 8.04. The highest BCUT2D eigenvalue weighted by Crippen LogP contribution is 2.36. The molecule has 0 saturated carbocycles. The molecule has 2 aromatic carbocycles. The summed E-state index contributed by atoms with van der Waals surface area (Å²) >= 11 is 0. The van der Waals surface area contributed by atoms with Crippen LogP contribution in [0.4, 0.5) is 10.1 Å². The van der Waals surface area contributed by atoms with Gasteiger partial charge in [0, 0.05) is 30.4 Å². The van der Waals surface area contributed by atoms with Crippen LogP contribution in [-0.4, -0.2) is 30.3 Å². The maximum Gasteiger partial charge on any atom is 0.293 e. The summed E-state index contributed by atoms with van der Waals surface area (Å²) in [6.45, 7) is 10.0. The van der Waals surface area contributed by atoms with Gasteiger partial charge < -0.3 is 14.7 Å². The molecule has 0 aliphatic carbocycles. The zero-order valence-electron chi connectivity index (χ0n) is 17.2. The van der Waals surface area contributed by atoms with E-state index in [1.54, 1.807) is 12.1 Å². The summed E-state index contributed by atoms with van der Waals surface area (Å²) in [5.74, 6) is 0.00279. The van der Waals surface area contributed by atoms with Crippen LogP contribution in [-0.2, 0) is 9.53 Å². The first kappa shape index (κ1) is 21.7. The van der Waals surface area contributed by atoms with E-state index in [-0.39, 0.29) is 17.2 Å². The van der Waals surface area contributed by atoms with Gasteiger partial charge in [0.1, 0.15) is 17.2 Å².